The van der Waals surface area contributed by atoms with Crippen molar-refractivity contribution in [3.05, 3.63) is 64.2 Å². The zero-order valence-corrected chi connectivity index (χ0v) is 20.8. The Balaban J connectivity index is 1.87. The number of anilines is 1. The molecule has 0 saturated carbocycles. The summed E-state index contributed by atoms with van der Waals surface area (Å²) in [6.45, 7) is 5.40. The third-order valence-electron chi connectivity index (χ3n) is 5.67. The van der Waals surface area contributed by atoms with Crippen molar-refractivity contribution in [2.45, 2.75) is 46.6 Å². The summed E-state index contributed by atoms with van der Waals surface area (Å²) in [5.74, 6) is -0.423. The Morgan fingerprint density at radius 2 is 1.83 bits per heavy atom. The number of Topliss-reactive ketones (excluding diaryl/α,β-unsaturated/α-hetero) is 1. The summed E-state index contributed by atoms with van der Waals surface area (Å²) in [4.78, 5) is 48.4. The molecule has 0 unspecified atom stereocenters. The molecule has 190 valence electrons. The number of amides is 1. The van der Waals surface area contributed by atoms with Crippen LogP contribution in [-0.2, 0) is 27.3 Å². The van der Waals surface area contributed by atoms with Crippen molar-refractivity contribution in [3.8, 4) is 11.5 Å². The molecule has 9 nitrogen and oxygen atoms in total. The predicted molar refractivity (Wildman–Crippen MR) is 132 cm³/mol. The van der Waals surface area contributed by atoms with Crippen molar-refractivity contribution >= 4 is 29.5 Å². The Hall–Kier alpha value is -4.14. The van der Waals surface area contributed by atoms with Gasteiger partial charge in [-0.1, -0.05) is 12.2 Å². The Morgan fingerprint density at radius 3 is 2.47 bits per heavy atom. The molecule has 0 spiro atoms. The monoisotopic (exact) mass is 495 g/mol. The second-order valence-electron chi connectivity index (χ2n) is 8.06. The number of fused-ring (bicyclic) bond motifs is 1. The van der Waals surface area contributed by atoms with Crippen molar-refractivity contribution in [1.82, 2.24) is 0 Å². The van der Waals surface area contributed by atoms with E-state index >= 15 is 0 Å². The zero-order chi connectivity index (χ0) is 26.2. The summed E-state index contributed by atoms with van der Waals surface area (Å²) in [6, 6.07) is 6.35. The Morgan fingerprint density at radius 1 is 1.11 bits per heavy atom. The summed E-state index contributed by atoms with van der Waals surface area (Å²) in [7, 11) is 1.50. The van der Waals surface area contributed by atoms with E-state index in [1.807, 2.05) is 19.1 Å². The van der Waals surface area contributed by atoms with Gasteiger partial charge in [-0.15, -0.1) is 0 Å². The number of methoxy groups -OCH3 is 1. The molecule has 36 heavy (non-hydrogen) atoms. The molecule has 0 aromatic heterocycles. The van der Waals surface area contributed by atoms with E-state index in [2.05, 4.69) is 5.32 Å². The number of ether oxygens (including phenoxy) is 4. The lowest BCUT2D eigenvalue weighted by Gasteiger charge is -2.18. The van der Waals surface area contributed by atoms with E-state index in [4.69, 9.17) is 18.9 Å². The van der Waals surface area contributed by atoms with Crippen molar-refractivity contribution in [3.63, 3.8) is 0 Å². The van der Waals surface area contributed by atoms with Crippen molar-refractivity contribution in [1.29, 1.82) is 0 Å². The Kier molecular flexibility index (Phi) is 8.83. The number of hydrogen-bond donors (Lipinski definition) is 1. The molecule has 1 N–H and O–H groups in total. The first-order chi connectivity index (χ1) is 17.3. The minimum atomic E-state index is -0.814. The lowest BCUT2D eigenvalue weighted by atomic mass is 9.95. The quantitative estimate of drug-likeness (QED) is 0.280. The number of hydrogen-bond acceptors (Lipinski definition) is 8. The van der Waals surface area contributed by atoms with Crippen LogP contribution in [0.3, 0.4) is 0 Å². The molecule has 2 aromatic rings. The van der Waals surface area contributed by atoms with E-state index in [-0.39, 0.29) is 42.5 Å². The third-order valence-corrected chi connectivity index (χ3v) is 5.67. The van der Waals surface area contributed by atoms with Gasteiger partial charge in [0.15, 0.2) is 11.5 Å². The number of ketones is 1. The number of benzene rings is 2. The summed E-state index contributed by atoms with van der Waals surface area (Å²) < 4.78 is 21.4. The van der Waals surface area contributed by atoms with E-state index in [0.717, 1.165) is 5.56 Å². The van der Waals surface area contributed by atoms with Crippen LogP contribution in [0.25, 0.3) is 0 Å². The topological polar surface area (TPSA) is 117 Å². The maximum Gasteiger partial charge on any atom is 0.417 e. The number of carbonyl (C=O) groups excluding carboxylic acids is 4. The highest BCUT2D eigenvalue weighted by Crippen LogP contribution is 2.43. The minimum Gasteiger partial charge on any atom is -0.496 e. The van der Waals surface area contributed by atoms with Gasteiger partial charge in [-0.2, -0.15) is 0 Å². The molecule has 0 aliphatic carbocycles. The number of cyclic esters (lactones) is 1. The molecule has 0 fully saturated rings. The van der Waals surface area contributed by atoms with Gasteiger partial charge in [0.25, 0.3) is 0 Å². The van der Waals surface area contributed by atoms with Crippen molar-refractivity contribution in [2.75, 3.05) is 19.0 Å². The van der Waals surface area contributed by atoms with E-state index in [9.17, 15) is 19.2 Å². The van der Waals surface area contributed by atoms with E-state index in [1.165, 1.54) is 14.0 Å². The van der Waals surface area contributed by atoms with Gasteiger partial charge >= 0.3 is 18.0 Å². The largest absolute Gasteiger partial charge is 0.496 e. The third kappa shape index (κ3) is 6.10. The fourth-order valence-corrected chi connectivity index (χ4v) is 3.90. The molecule has 1 aliphatic heterocycles. The number of allylic oxidation sites excluding steroid dienone is 2. The minimum absolute atomic E-state index is 0.0521. The summed E-state index contributed by atoms with van der Waals surface area (Å²) in [5, 5.41) is 2.61. The summed E-state index contributed by atoms with van der Waals surface area (Å²) >= 11 is 0. The van der Waals surface area contributed by atoms with Crippen LogP contribution in [0.4, 0.5) is 10.5 Å². The molecular formula is C27H29NO8. The molecule has 1 aliphatic rings. The van der Waals surface area contributed by atoms with Crippen LogP contribution in [0.15, 0.2) is 36.4 Å². The molecule has 0 saturated heterocycles. The average molecular weight is 496 g/mol. The van der Waals surface area contributed by atoms with E-state index < -0.39 is 12.1 Å². The summed E-state index contributed by atoms with van der Waals surface area (Å²) in [5.41, 5.74) is 2.94. The maximum atomic E-state index is 12.8. The van der Waals surface area contributed by atoms with Crippen LogP contribution in [-0.4, -0.2) is 37.5 Å². The zero-order valence-electron chi connectivity index (χ0n) is 20.8. The van der Waals surface area contributed by atoms with Gasteiger partial charge in [-0.25, -0.2) is 9.59 Å². The molecular weight excluding hydrogens is 466 g/mol. The van der Waals surface area contributed by atoms with Crippen molar-refractivity contribution in [2.24, 2.45) is 0 Å². The molecule has 1 amide bonds. The first-order valence-electron chi connectivity index (χ1n) is 11.6. The van der Waals surface area contributed by atoms with Crippen LogP contribution in [0.1, 0.15) is 64.1 Å². The highest BCUT2D eigenvalue weighted by atomic mass is 16.6. The highest BCUT2D eigenvalue weighted by Gasteiger charge is 2.34. The van der Waals surface area contributed by atoms with Gasteiger partial charge in [0.05, 0.1) is 13.7 Å². The Bertz CT molecular complexity index is 1200. The fourth-order valence-electron chi connectivity index (χ4n) is 3.90. The number of carbonyl (C=O) groups is 4. The van der Waals surface area contributed by atoms with E-state index in [0.29, 0.717) is 41.2 Å². The second-order valence-corrected chi connectivity index (χ2v) is 8.06. The lowest BCUT2D eigenvalue weighted by molar-refractivity contribution is -0.143. The average Bonchev–Trinajstić information content (AvgIpc) is 3.23. The van der Waals surface area contributed by atoms with Gasteiger partial charge in [0, 0.05) is 28.8 Å². The van der Waals surface area contributed by atoms with Gasteiger partial charge in [0.2, 0.25) is 0 Å². The smallest absolute Gasteiger partial charge is 0.417 e. The molecule has 3 rings (SSSR count). The summed E-state index contributed by atoms with van der Waals surface area (Å²) in [6.07, 6.45) is 3.81. The molecule has 0 atom stereocenters. The van der Waals surface area contributed by atoms with Gasteiger partial charge in [-0.05, 0) is 63.4 Å². The molecule has 1 heterocycles. The number of rotatable bonds is 10. The Labute approximate surface area is 209 Å². The van der Waals surface area contributed by atoms with Crippen molar-refractivity contribution < 1.29 is 38.1 Å². The van der Waals surface area contributed by atoms with E-state index in [1.54, 1.807) is 31.2 Å². The second kappa shape index (κ2) is 12.0. The van der Waals surface area contributed by atoms with Gasteiger partial charge in [0.1, 0.15) is 17.9 Å². The van der Waals surface area contributed by atoms with Crippen LogP contribution in [0.5, 0.6) is 11.5 Å². The highest BCUT2D eigenvalue weighted by molar-refractivity contribution is 6.00. The first-order valence-corrected chi connectivity index (χ1v) is 11.6. The molecule has 0 bridgehead atoms. The predicted octanol–water partition coefficient (Wildman–Crippen LogP) is 4.93. The lowest BCUT2D eigenvalue weighted by Crippen LogP contribution is -2.20. The maximum absolute atomic E-state index is 12.8. The number of nitrogens with one attached hydrogen (secondary N) is 1. The first kappa shape index (κ1) is 26.5. The van der Waals surface area contributed by atoms with Crippen LogP contribution in [0, 0.1) is 6.92 Å². The normalized spacial score (nSPS) is 12.2. The van der Waals surface area contributed by atoms with Crippen LogP contribution >= 0.6 is 0 Å². The van der Waals surface area contributed by atoms with Gasteiger partial charge < -0.3 is 18.9 Å². The number of esters is 2. The molecule has 0 radical (unpaired) electrons. The standard InChI is InChI=1S/C27H29NO8/c1-5-34-22(30)10-8-6-7-9-20-24(33-4)16(2)21-15-35-26(31)23(21)25(20)36-27(32)28-19-13-11-18(12-14-19)17(3)29/h6-7,11-14H,5,8-10,15H2,1-4H3,(H,28,32). The SMILES string of the molecule is CCOC(=O)CCC=CCc1c(OC)c(C)c2c(c1OC(=O)Nc1ccc(C(C)=O)cc1)C(=O)OC2. The molecule has 9 heteroatoms. The molecule has 2 aromatic carbocycles. The fraction of sp³-hybridized carbons (Fsp3) is 0.333. The van der Waals surface area contributed by atoms with Crippen LogP contribution in [0.2, 0.25) is 0 Å². The van der Waals surface area contributed by atoms with Crippen LogP contribution < -0.4 is 14.8 Å². The van der Waals surface area contributed by atoms with Gasteiger partial charge in [-0.3, -0.25) is 14.9 Å².